The first-order valence-electron chi connectivity index (χ1n) is 3.51. The van der Waals surface area contributed by atoms with Gasteiger partial charge in [0.2, 0.25) is 0 Å². The quantitative estimate of drug-likeness (QED) is 0.743. The zero-order chi connectivity index (χ0) is 9.42. The van der Waals surface area contributed by atoms with Crippen molar-refractivity contribution >= 4 is 39.5 Å². The lowest BCUT2D eigenvalue weighted by molar-refractivity contribution is 0.108. The fraction of sp³-hybridized carbons (Fsp3) is 0. The smallest absolute Gasteiger partial charge is 0.256 e. The number of carbonyl (C=O) groups excluding carboxylic acids is 1. The van der Waals surface area contributed by atoms with Crippen LogP contribution < -0.4 is 0 Å². The largest absolute Gasteiger partial charge is 0.345 e. The molecule has 0 aliphatic heterocycles. The highest BCUT2D eigenvalue weighted by atomic mass is 35.5. The number of H-pyrrole nitrogens is 1. The van der Waals surface area contributed by atoms with Crippen LogP contribution in [0.4, 0.5) is 0 Å². The number of carbonyl (C=O) groups is 1. The minimum Gasteiger partial charge on any atom is -0.345 e. The molecule has 0 spiro atoms. The van der Waals surface area contributed by atoms with Crippen LogP contribution >= 0.6 is 23.2 Å². The molecule has 2 rings (SSSR count). The Hall–Kier alpha value is -1.06. The van der Waals surface area contributed by atoms with Gasteiger partial charge in [0.25, 0.3) is 5.24 Å². The number of imidazole rings is 1. The first kappa shape index (κ1) is 8.53. The average molecular weight is 215 g/mol. The van der Waals surface area contributed by atoms with E-state index in [0.717, 1.165) is 5.52 Å². The maximum atomic E-state index is 11.0. The van der Waals surface area contributed by atoms with Crippen LogP contribution in [0, 0.1) is 0 Å². The molecular weight excluding hydrogens is 211 g/mol. The van der Waals surface area contributed by atoms with Crippen LogP contribution in [0.2, 0.25) is 5.02 Å². The SMILES string of the molecule is O=C(Cl)c1c(Cl)ccc2[nH]cnc12. The molecule has 0 amide bonds. The van der Waals surface area contributed by atoms with Crippen LogP contribution in [0.5, 0.6) is 0 Å². The zero-order valence-electron chi connectivity index (χ0n) is 6.34. The summed E-state index contributed by atoms with van der Waals surface area (Å²) in [6, 6.07) is 3.35. The van der Waals surface area contributed by atoms with E-state index in [1.165, 1.54) is 6.33 Å². The monoisotopic (exact) mass is 214 g/mol. The number of fused-ring (bicyclic) bond motifs is 1. The minimum atomic E-state index is -0.595. The van der Waals surface area contributed by atoms with Crippen LogP contribution in [0.1, 0.15) is 10.4 Å². The molecule has 0 aliphatic carbocycles. The molecule has 0 saturated carbocycles. The highest BCUT2D eigenvalue weighted by Gasteiger charge is 2.13. The van der Waals surface area contributed by atoms with Crippen molar-refractivity contribution in [3.8, 4) is 0 Å². The molecule has 5 heteroatoms. The lowest BCUT2D eigenvalue weighted by Gasteiger charge is -1.98. The van der Waals surface area contributed by atoms with Crippen molar-refractivity contribution in [2.24, 2.45) is 0 Å². The third-order valence-electron chi connectivity index (χ3n) is 1.74. The van der Waals surface area contributed by atoms with Gasteiger partial charge in [0.1, 0.15) is 5.52 Å². The van der Waals surface area contributed by atoms with Gasteiger partial charge in [-0.15, -0.1) is 0 Å². The molecule has 66 valence electrons. The Morgan fingerprint density at radius 2 is 2.23 bits per heavy atom. The van der Waals surface area contributed by atoms with Gasteiger partial charge in [-0.2, -0.15) is 0 Å². The van der Waals surface area contributed by atoms with Gasteiger partial charge in [0, 0.05) is 0 Å². The van der Waals surface area contributed by atoms with E-state index in [2.05, 4.69) is 9.97 Å². The van der Waals surface area contributed by atoms with Crippen molar-refractivity contribution in [1.29, 1.82) is 0 Å². The van der Waals surface area contributed by atoms with Crippen molar-refractivity contribution < 1.29 is 4.79 Å². The number of aromatic amines is 1. The number of aromatic nitrogens is 2. The Bertz CT molecular complexity index is 478. The number of benzene rings is 1. The fourth-order valence-corrected chi connectivity index (χ4v) is 1.65. The Kier molecular flexibility index (Phi) is 1.98. The van der Waals surface area contributed by atoms with E-state index in [0.29, 0.717) is 10.5 Å². The Morgan fingerprint density at radius 3 is 2.92 bits per heavy atom. The van der Waals surface area contributed by atoms with Gasteiger partial charge in [0.05, 0.1) is 22.4 Å². The van der Waals surface area contributed by atoms with E-state index in [1.807, 2.05) is 0 Å². The number of halogens is 2. The normalized spacial score (nSPS) is 10.6. The predicted molar refractivity (Wildman–Crippen MR) is 51.3 cm³/mol. The number of hydrogen-bond acceptors (Lipinski definition) is 2. The van der Waals surface area contributed by atoms with Gasteiger partial charge >= 0.3 is 0 Å². The molecule has 0 radical (unpaired) electrons. The molecular formula is C8H4Cl2N2O. The molecule has 0 unspecified atom stereocenters. The van der Waals surface area contributed by atoms with Crippen LogP contribution in [0.3, 0.4) is 0 Å². The third kappa shape index (κ3) is 1.30. The van der Waals surface area contributed by atoms with E-state index in [-0.39, 0.29) is 5.56 Å². The number of nitrogens with zero attached hydrogens (tertiary/aromatic N) is 1. The van der Waals surface area contributed by atoms with E-state index >= 15 is 0 Å². The van der Waals surface area contributed by atoms with Gasteiger partial charge in [-0.25, -0.2) is 4.98 Å². The first-order valence-corrected chi connectivity index (χ1v) is 4.27. The lowest BCUT2D eigenvalue weighted by atomic mass is 10.2. The summed E-state index contributed by atoms with van der Waals surface area (Å²) in [5.41, 5.74) is 1.50. The molecule has 13 heavy (non-hydrogen) atoms. The summed E-state index contributed by atoms with van der Waals surface area (Å²) in [5, 5.41) is -0.276. The summed E-state index contributed by atoms with van der Waals surface area (Å²) >= 11 is 11.2. The number of hydrogen-bond donors (Lipinski definition) is 1. The van der Waals surface area contributed by atoms with Crippen LogP contribution in [0.15, 0.2) is 18.5 Å². The standard InChI is InChI=1S/C8H4Cl2N2O/c9-4-1-2-5-7(12-3-11-5)6(4)8(10)13/h1-3H,(H,11,12). The van der Waals surface area contributed by atoms with E-state index in [4.69, 9.17) is 23.2 Å². The molecule has 0 bridgehead atoms. The van der Waals surface area contributed by atoms with Crippen molar-refractivity contribution in [2.45, 2.75) is 0 Å². The average Bonchev–Trinajstić information content (AvgIpc) is 2.50. The Balaban J connectivity index is 2.88. The minimum absolute atomic E-state index is 0.252. The van der Waals surface area contributed by atoms with E-state index in [9.17, 15) is 4.79 Å². The fourth-order valence-electron chi connectivity index (χ4n) is 1.17. The summed E-state index contributed by atoms with van der Waals surface area (Å²) in [5.74, 6) is 0. The summed E-state index contributed by atoms with van der Waals surface area (Å²) in [7, 11) is 0. The second kappa shape index (κ2) is 3.01. The molecule has 0 atom stereocenters. The van der Waals surface area contributed by atoms with Crippen LogP contribution in [-0.2, 0) is 0 Å². The maximum Gasteiger partial charge on any atom is 0.256 e. The van der Waals surface area contributed by atoms with Crippen LogP contribution in [-0.4, -0.2) is 15.2 Å². The summed E-state index contributed by atoms with van der Waals surface area (Å²) in [6.45, 7) is 0. The topological polar surface area (TPSA) is 45.8 Å². The summed E-state index contributed by atoms with van der Waals surface area (Å²) < 4.78 is 0. The first-order chi connectivity index (χ1) is 6.20. The maximum absolute atomic E-state index is 11.0. The second-order valence-corrected chi connectivity index (χ2v) is 3.25. The Morgan fingerprint density at radius 1 is 1.46 bits per heavy atom. The molecule has 1 aromatic carbocycles. The van der Waals surface area contributed by atoms with Gasteiger partial charge in [0.15, 0.2) is 0 Å². The molecule has 1 heterocycles. The molecule has 0 fully saturated rings. The van der Waals surface area contributed by atoms with Crippen molar-refractivity contribution in [1.82, 2.24) is 9.97 Å². The molecule has 0 saturated heterocycles. The molecule has 0 aliphatic rings. The molecule has 3 nitrogen and oxygen atoms in total. The van der Waals surface area contributed by atoms with E-state index < -0.39 is 5.24 Å². The lowest BCUT2D eigenvalue weighted by Crippen LogP contribution is -1.92. The zero-order valence-corrected chi connectivity index (χ0v) is 7.86. The second-order valence-electron chi connectivity index (χ2n) is 2.49. The predicted octanol–water partition coefficient (Wildman–Crippen LogP) is 2.60. The van der Waals surface area contributed by atoms with Gasteiger partial charge in [-0.1, -0.05) is 11.6 Å². The summed E-state index contributed by atoms with van der Waals surface area (Å²) in [4.78, 5) is 17.8. The summed E-state index contributed by atoms with van der Waals surface area (Å²) in [6.07, 6.45) is 1.49. The van der Waals surface area contributed by atoms with Gasteiger partial charge in [-0.05, 0) is 23.7 Å². The van der Waals surface area contributed by atoms with Crippen LogP contribution in [0.25, 0.3) is 11.0 Å². The Labute approximate surface area is 83.7 Å². The highest BCUT2D eigenvalue weighted by molar-refractivity contribution is 6.69. The molecule has 1 N–H and O–H groups in total. The molecule has 1 aromatic heterocycles. The van der Waals surface area contributed by atoms with Crippen molar-refractivity contribution in [3.05, 3.63) is 29.0 Å². The van der Waals surface area contributed by atoms with Crippen molar-refractivity contribution in [3.63, 3.8) is 0 Å². The highest BCUT2D eigenvalue weighted by Crippen LogP contribution is 2.24. The number of nitrogens with one attached hydrogen (secondary N) is 1. The van der Waals surface area contributed by atoms with E-state index in [1.54, 1.807) is 12.1 Å². The van der Waals surface area contributed by atoms with Gasteiger partial charge < -0.3 is 4.98 Å². The van der Waals surface area contributed by atoms with Crippen molar-refractivity contribution in [2.75, 3.05) is 0 Å². The van der Waals surface area contributed by atoms with Gasteiger partial charge in [-0.3, -0.25) is 4.79 Å². The third-order valence-corrected chi connectivity index (χ3v) is 2.24. The number of rotatable bonds is 1. The molecule has 2 aromatic rings.